The Bertz CT molecular complexity index is 320. The van der Waals surface area contributed by atoms with E-state index in [1.807, 2.05) is 0 Å². The summed E-state index contributed by atoms with van der Waals surface area (Å²) in [5, 5.41) is 6.78. The molecule has 1 amide bonds. The SMILES string of the molecule is CSCCNC(=NCC(=O)N(C)C)NC1CCCCC1.I. The van der Waals surface area contributed by atoms with Crippen LogP contribution in [0.2, 0.25) is 0 Å². The van der Waals surface area contributed by atoms with E-state index in [1.54, 1.807) is 30.8 Å². The summed E-state index contributed by atoms with van der Waals surface area (Å²) in [5.41, 5.74) is 0. The average Bonchev–Trinajstić information content (AvgIpc) is 2.45. The van der Waals surface area contributed by atoms with E-state index >= 15 is 0 Å². The maximum Gasteiger partial charge on any atom is 0.243 e. The smallest absolute Gasteiger partial charge is 0.243 e. The summed E-state index contributed by atoms with van der Waals surface area (Å²) in [6.07, 6.45) is 8.39. The molecular weight excluding hydrogens is 399 g/mol. The highest BCUT2D eigenvalue weighted by Gasteiger charge is 2.14. The van der Waals surface area contributed by atoms with Gasteiger partial charge in [0.15, 0.2) is 5.96 Å². The Hall–Kier alpha value is -0.180. The summed E-state index contributed by atoms with van der Waals surface area (Å²) < 4.78 is 0. The second-order valence-corrected chi connectivity index (χ2v) is 6.34. The Morgan fingerprint density at radius 2 is 1.95 bits per heavy atom. The summed E-state index contributed by atoms with van der Waals surface area (Å²) in [4.78, 5) is 17.6. The van der Waals surface area contributed by atoms with Gasteiger partial charge in [0.25, 0.3) is 0 Å². The molecule has 1 rings (SSSR count). The summed E-state index contributed by atoms with van der Waals surface area (Å²) in [5.74, 6) is 1.84. The zero-order chi connectivity index (χ0) is 14.8. The highest BCUT2D eigenvalue weighted by atomic mass is 127. The number of carbonyl (C=O) groups is 1. The summed E-state index contributed by atoms with van der Waals surface area (Å²) in [6, 6.07) is 0.499. The number of hydrogen-bond acceptors (Lipinski definition) is 3. The van der Waals surface area contributed by atoms with Gasteiger partial charge in [-0.05, 0) is 19.1 Å². The Kier molecular flexibility index (Phi) is 12.3. The van der Waals surface area contributed by atoms with E-state index in [0.29, 0.717) is 6.04 Å². The van der Waals surface area contributed by atoms with Gasteiger partial charge in [-0.15, -0.1) is 24.0 Å². The number of halogens is 1. The van der Waals surface area contributed by atoms with E-state index < -0.39 is 0 Å². The van der Waals surface area contributed by atoms with Crippen molar-refractivity contribution in [1.82, 2.24) is 15.5 Å². The standard InChI is InChI=1S/C14H28N4OS.HI/c1-18(2)13(19)11-16-14(15-9-10-20-3)17-12-7-5-4-6-8-12;/h12H,4-11H2,1-3H3,(H2,15,16,17);1H. The molecule has 0 heterocycles. The third-order valence-electron chi connectivity index (χ3n) is 3.42. The first kappa shape index (κ1) is 20.8. The van der Waals surface area contributed by atoms with E-state index in [9.17, 15) is 4.79 Å². The monoisotopic (exact) mass is 428 g/mol. The van der Waals surface area contributed by atoms with Gasteiger partial charge in [0.05, 0.1) is 0 Å². The van der Waals surface area contributed by atoms with Gasteiger partial charge in [0, 0.05) is 32.4 Å². The number of guanidine groups is 1. The highest BCUT2D eigenvalue weighted by Crippen LogP contribution is 2.17. The highest BCUT2D eigenvalue weighted by molar-refractivity contribution is 14.0. The number of hydrogen-bond donors (Lipinski definition) is 2. The molecule has 1 aliphatic carbocycles. The van der Waals surface area contributed by atoms with E-state index in [2.05, 4.69) is 21.9 Å². The van der Waals surface area contributed by atoms with Gasteiger partial charge >= 0.3 is 0 Å². The van der Waals surface area contributed by atoms with Gasteiger partial charge in [-0.1, -0.05) is 19.3 Å². The van der Waals surface area contributed by atoms with E-state index in [1.165, 1.54) is 32.1 Å². The molecule has 21 heavy (non-hydrogen) atoms. The summed E-state index contributed by atoms with van der Waals surface area (Å²) in [7, 11) is 3.51. The van der Waals surface area contributed by atoms with Crippen molar-refractivity contribution in [3.05, 3.63) is 0 Å². The molecule has 1 aliphatic rings. The van der Waals surface area contributed by atoms with E-state index in [-0.39, 0.29) is 36.4 Å². The van der Waals surface area contributed by atoms with Crippen LogP contribution in [0, 0.1) is 0 Å². The van der Waals surface area contributed by atoms with Crippen molar-refractivity contribution in [2.45, 2.75) is 38.1 Å². The van der Waals surface area contributed by atoms with Crippen molar-refractivity contribution in [2.75, 3.05) is 39.2 Å². The normalized spacial score (nSPS) is 16.0. The fraction of sp³-hybridized carbons (Fsp3) is 0.857. The summed E-state index contributed by atoms with van der Waals surface area (Å²) >= 11 is 1.80. The third-order valence-corrected chi connectivity index (χ3v) is 4.03. The van der Waals surface area contributed by atoms with Gasteiger partial charge in [0.2, 0.25) is 5.91 Å². The molecule has 124 valence electrons. The largest absolute Gasteiger partial charge is 0.356 e. The minimum Gasteiger partial charge on any atom is -0.356 e. The van der Waals surface area contributed by atoms with Crippen molar-refractivity contribution < 1.29 is 4.79 Å². The van der Waals surface area contributed by atoms with Gasteiger partial charge in [-0.25, -0.2) is 4.99 Å². The molecule has 0 aromatic heterocycles. The van der Waals surface area contributed by atoms with Crippen molar-refractivity contribution >= 4 is 47.6 Å². The average molecular weight is 428 g/mol. The zero-order valence-electron chi connectivity index (χ0n) is 13.4. The van der Waals surface area contributed by atoms with Crippen LogP contribution in [0.4, 0.5) is 0 Å². The number of nitrogens with one attached hydrogen (secondary N) is 2. The number of nitrogens with zero attached hydrogens (tertiary/aromatic N) is 2. The van der Waals surface area contributed by atoms with Crippen LogP contribution in [0.3, 0.4) is 0 Å². The molecule has 2 N–H and O–H groups in total. The fourth-order valence-electron chi connectivity index (χ4n) is 2.15. The van der Waals surface area contributed by atoms with E-state index in [0.717, 1.165) is 18.3 Å². The van der Waals surface area contributed by atoms with Gasteiger partial charge < -0.3 is 15.5 Å². The minimum absolute atomic E-state index is 0. The van der Waals surface area contributed by atoms with Gasteiger partial charge in [-0.2, -0.15) is 11.8 Å². The Morgan fingerprint density at radius 1 is 1.29 bits per heavy atom. The van der Waals surface area contributed by atoms with Crippen LogP contribution in [-0.4, -0.2) is 62.0 Å². The number of likely N-dealkylation sites (N-methyl/N-ethyl adjacent to an activating group) is 1. The first-order chi connectivity index (χ1) is 9.63. The Labute approximate surface area is 150 Å². The van der Waals surface area contributed by atoms with Crippen molar-refractivity contribution in [3.8, 4) is 0 Å². The molecule has 0 unspecified atom stereocenters. The molecule has 7 heteroatoms. The fourth-order valence-corrected chi connectivity index (χ4v) is 2.46. The van der Waals surface area contributed by atoms with Gasteiger partial charge in [0.1, 0.15) is 6.54 Å². The molecule has 0 spiro atoms. The van der Waals surface area contributed by atoms with Crippen LogP contribution >= 0.6 is 35.7 Å². The number of rotatable bonds is 6. The number of carbonyl (C=O) groups excluding carboxylic acids is 1. The molecule has 1 fully saturated rings. The lowest BCUT2D eigenvalue weighted by Gasteiger charge is -2.25. The maximum absolute atomic E-state index is 11.6. The second-order valence-electron chi connectivity index (χ2n) is 5.35. The van der Waals surface area contributed by atoms with Crippen molar-refractivity contribution in [1.29, 1.82) is 0 Å². The third kappa shape index (κ3) is 9.44. The quantitative estimate of drug-likeness (QED) is 0.294. The van der Waals surface area contributed by atoms with Crippen LogP contribution < -0.4 is 10.6 Å². The molecule has 0 bridgehead atoms. The molecule has 0 aromatic carbocycles. The van der Waals surface area contributed by atoms with Crippen molar-refractivity contribution in [3.63, 3.8) is 0 Å². The molecule has 0 radical (unpaired) electrons. The van der Waals surface area contributed by atoms with E-state index in [4.69, 9.17) is 0 Å². The van der Waals surface area contributed by atoms with Gasteiger partial charge in [-0.3, -0.25) is 4.79 Å². The summed E-state index contributed by atoms with van der Waals surface area (Å²) in [6.45, 7) is 1.07. The first-order valence-electron chi connectivity index (χ1n) is 7.37. The predicted molar refractivity (Wildman–Crippen MR) is 103 cm³/mol. The molecule has 0 saturated heterocycles. The molecule has 0 aromatic rings. The first-order valence-corrected chi connectivity index (χ1v) is 8.77. The maximum atomic E-state index is 11.6. The van der Waals surface area contributed by atoms with Crippen LogP contribution in [0.25, 0.3) is 0 Å². The molecule has 5 nitrogen and oxygen atoms in total. The number of thioether (sulfide) groups is 1. The minimum atomic E-state index is 0. The van der Waals surface area contributed by atoms with Crippen LogP contribution in [0.5, 0.6) is 0 Å². The molecular formula is C14H29IN4OS. The number of amides is 1. The topological polar surface area (TPSA) is 56.7 Å². The lowest BCUT2D eigenvalue weighted by Crippen LogP contribution is -2.45. The van der Waals surface area contributed by atoms with Crippen LogP contribution in [0.1, 0.15) is 32.1 Å². The Morgan fingerprint density at radius 3 is 2.52 bits per heavy atom. The van der Waals surface area contributed by atoms with Crippen molar-refractivity contribution in [2.24, 2.45) is 4.99 Å². The van der Waals surface area contributed by atoms with Crippen LogP contribution in [0.15, 0.2) is 4.99 Å². The zero-order valence-corrected chi connectivity index (χ0v) is 16.5. The predicted octanol–water partition coefficient (Wildman–Crippen LogP) is 1.92. The van der Waals surface area contributed by atoms with Crippen LogP contribution in [-0.2, 0) is 4.79 Å². The second kappa shape index (κ2) is 12.4. The molecule has 0 atom stereocenters. The lowest BCUT2D eigenvalue weighted by atomic mass is 9.96. The molecule has 1 saturated carbocycles. The Balaban J connectivity index is 0.00000400. The lowest BCUT2D eigenvalue weighted by molar-refractivity contribution is -0.127. The molecule has 0 aliphatic heterocycles. The number of aliphatic imine (C=N–C) groups is 1.